The third-order valence-corrected chi connectivity index (χ3v) is 5.77. The van der Waals surface area contributed by atoms with Crippen molar-refractivity contribution < 1.29 is 17.9 Å². The van der Waals surface area contributed by atoms with Crippen LogP contribution in [-0.2, 0) is 21.4 Å². The number of carbonyl (C=O) groups is 1. The number of ether oxygens (including phenoxy) is 1. The Morgan fingerprint density at radius 3 is 2.58 bits per heavy atom. The first-order valence-electron chi connectivity index (χ1n) is 7.43. The first kappa shape index (κ1) is 16.5. The Morgan fingerprint density at radius 2 is 1.88 bits per heavy atom. The number of fused-ring (bicyclic) bond motifs is 1. The number of hydrogen-bond acceptors (Lipinski definition) is 4. The van der Waals surface area contributed by atoms with Crippen LogP contribution in [0.25, 0.3) is 0 Å². The van der Waals surface area contributed by atoms with Gasteiger partial charge in [0.15, 0.2) is 6.61 Å². The van der Waals surface area contributed by atoms with E-state index >= 15 is 0 Å². The molecule has 0 bridgehead atoms. The Bertz CT molecular complexity index is 865. The van der Waals surface area contributed by atoms with Crippen molar-refractivity contribution in [1.29, 1.82) is 0 Å². The van der Waals surface area contributed by atoms with Crippen LogP contribution in [0.4, 0.5) is 5.69 Å². The quantitative estimate of drug-likeness (QED) is 0.847. The normalized spacial score (nSPS) is 14.5. The Balaban J connectivity index is 1.91. The van der Waals surface area contributed by atoms with E-state index in [4.69, 9.17) is 4.74 Å². The van der Waals surface area contributed by atoms with Gasteiger partial charge in [0.2, 0.25) is 10.0 Å². The fourth-order valence-corrected chi connectivity index (χ4v) is 3.70. The van der Waals surface area contributed by atoms with Crippen molar-refractivity contribution in [3.05, 3.63) is 54.1 Å². The SMILES string of the molecule is CN1C(=O)COc2ccc(S(=O)(=O)N(C)Cc3ccccc3)cc21. The number of anilines is 1. The third-order valence-electron chi connectivity index (χ3n) is 3.97. The first-order chi connectivity index (χ1) is 11.4. The van der Waals surface area contributed by atoms with Crippen molar-refractivity contribution >= 4 is 21.6 Å². The van der Waals surface area contributed by atoms with Gasteiger partial charge in [-0.3, -0.25) is 4.79 Å². The van der Waals surface area contributed by atoms with E-state index in [-0.39, 0.29) is 24.0 Å². The molecular formula is C17H18N2O4S. The van der Waals surface area contributed by atoms with Crippen molar-refractivity contribution in [3.8, 4) is 5.75 Å². The number of benzene rings is 2. The van der Waals surface area contributed by atoms with Crippen molar-refractivity contribution in [3.63, 3.8) is 0 Å². The monoisotopic (exact) mass is 346 g/mol. The van der Waals surface area contributed by atoms with Crippen LogP contribution >= 0.6 is 0 Å². The van der Waals surface area contributed by atoms with Gasteiger partial charge in [-0.25, -0.2) is 8.42 Å². The second kappa shape index (κ2) is 6.26. The summed E-state index contributed by atoms with van der Waals surface area (Å²) >= 11 is 0. The standard InChI is InChI=1S/C17H18N2O4S/c1-18(11-13-6-4-3-5-7-13)24(21,22)14-8-9-16-15(10-14)19(2)17(20)12-23-16/h3-10H,11-12H2,1-2H3. The molecule has 0 saturated carbocycles. The van der Waals surface area contributed by atoms with Crippen LogP contribution in [0.15, 0.2) is 53.4 Å². The molecule has 0 unspecified atom stereocenters. The molecule has 1 heterocycles. The summed E-state index contributed by atoms with van der Waals surface area (Å²) < 4.78 is 32.2. The molecule has 1 amide bonds. The van der Waals surface area contributed by atoms with Gasteiger partial charge in [0.05, 0.1) is 10.6 Å². The maximum atomic E-state index is 12.8. The lowest BCUT2D eigenvalue weighted by atomic mass is 10.2. The molecular weight excluding hydrogens is 328 g/mol. The van der Waals surface area contributed by atoms with Crippen LogP contribution in [0.1, 0.15) is 5.56 Å². The molecule has 0 atom stereocenters. The number of sulfonamides is 1. The molecule has 1 aliphatic heterocycles. The topological polar surface area (TPSA) is 66.9 Å². The Morgan fingerprint density at radius 1 is 1.17 bits per heavy atom. The average Bonchev–Trinajstić information content (AvgIpc) is 2.59. The third kappa shape index (κ3) is 3.00. The second-order valence-electron chi connectivity index (χ2n) is 5.62. The molecule has 0 N–H and O–H groups in total. The van der Waals surface area contributed by atoms with E-state index in [1.54, 1.807) is 13.1 Å². The first-order valence-corrected chi connectivity index (χ1v) is 8.87. The van der Waals surface area contributed by atoms with Crippen molar-refractivity contribution in [1.82, 2.24) is 4.31 Å². The molecule has 126 valence electrons. The summed E-state index contributed by atoms with van der Waals surface area (Å²) in [6, 6.07) is 13.9. The Kier molecular flexibility index (Phi) is 4.29. The summed E-state index contributed by atoms with van der Waals surface area (Å²) in [7, 11) is -0.532. The van der Waals surface area contributed by atoms with Crippen LogP contribution in [0.2, 0.25) is 0 Å². The summed E-state index contributed by atoms with van der Waals surface area (Å²) in [4.78, 5) is 13.3. The van der Waals surface area contributed by atoms with Gasteiger partial charge in [0.25, 0.3) is 5.91 Å². The molecule has 6 nitrogen and oxygen atoms in total. The number of amides is 1. The number of rotatable bonds is 4. The predicted molar refractivity (Wildman–Crippen MR) is 90.4 cm³/mol. The number of carbonyl (C=O) groups excluding carboxylic acids is 1. The summed E-state index contributed by atoms with van der Waals surface area (Å²) in [6.07, 6.45) is 0. The van der Waals surface area contributed by atoms with E-state index in [0.717, 1.165) is 5.56 Å². The highest BCUT2D eigenvalue weighted by molar-refractivity contribution is 7.89. The van der Waals surface area contributed by atoms with Gasteiger partial charge >= 0.3 is 0 Å². The fraction of sp³-hybridized carbons (Fsp3) is 0.235. The molecule has 2 aromatic rings. The zero-order valence-corrected chi connectivity index (χ0v) is 14.3. The lowest BCUT2D eigenvalue weighted by Crippen LogP contribution is -2.35. The van der Waals surface area contributed by atoms with Crippen molar-refractivity contribution in [2.24, 2.45) is 0 Å². The second-order valence-corrected chi connectivity index (χ2v) is 7.66. The Labute approximate surface area is 141 Å². The van der Waals surface area contributed by atoms with E-state index in [0.29, 0.717) is 11.4 Å². The minimum absolute atomic E-state index is 0.0382. The van der Waals surface area contributed by atoms with Crippen molar-refractivity contribution in [2.75, 3.05) is 25.6 Å². The summed E-state index contributed by atoms with van der Waals surface area (Å²) in [5.74, 6) is 0.288. The zero-order chi connectivity index (χ0) is 17.3. The summed E-state index contributed by atoms with van der Waals surface area (Å²) in [5, 5.41) is 0. The lowest BCUT2D eigenvalue weighted by molar-refractivity contribution is -0.120. The molecule has 0 saturated heterocycles. The number of hydrogen-bond donors (Lipinski definition) is 0. The molecule has 3 rings (SSSR count). The van der Waals surface area contributed by atoms with Crippen LogP contribution in [0.3, 0.4) is 0 Å². The Hall–Kier alpha value is -2.38. The molecule has 0 fully saturated rings. The lowest BCUT2D eigenvalue weighted by Gasteiger charge is -2.27. The molecule has 2 aromatic carbocycles. The highest BCUT2D eigenvalue weighted by Crippen LogP contribution is 2.34. The maximum absolute atomic E-state index is 12.8. The van der Waals surface area contributed by atoms with Gasteiger partial charge in [-0.15, -0.1) is 0 Å². The highest BCUT2D eigenvalue weighted by Gasteiger charge is 2.27. The van der Waals surface area contributed by atoms with Crippen LogP contribution < -0.4 is 9.64 Å². The van der Waals surface area contributed by atoms with Gasteiger partial charge in [-0.1, -0.05) is 30.3 Å². The molecule has 0 aliphatic carbocycles. The van der Waals surface area contributed by atoms with E-state index in [1.165, 1.54) is 28.4 Å². The van der Waals surface area contributed by atoms with E-state index in [9.17, 15) is 13.2 Å². The smallest absolute Gasteiger partial charge is 0.264 e. The highest BCUT2D eigenvalue weighted by atomic mass is 32.2. The molecule has 24 heavy (non-hydrogen) atoms. The van der Waals surface area contributed by atoms with Gasteiger partial charge in [0, 0.05) is 20.6 Å². The largest absolute Gasteiger partial charge is 0.482 e. The van der Waals surface area contributed by atoms with Gasteiger partial charge < -0.3 is 9.64 Å². The minimum Gasteiger partial charge on any atom is -0.482 e. The van der Waals surface area contributed by atoms with E-state index < -0.39 is 10.0 Å². The number of nitrogens with zero attached hydrogens (tertiary/aromatic N) is 2. The average molecular weight is 346 g/mol. The van der Waals surface area contributed by atoms with E-state index in [1.807, 2.05) is 30.3 Å². The molecule has 0 spiro atoms. The van der Waals surface area contributed by atoms with Crippen molar-refractivity contribution in [2.45, 2.75) is 11.4 Å². The van der Waals surface area contributed by atoms with Crippen LogP contribution in [-0.4, -0.2) is 39.3 Å². The maximum Gasteiger partial charge on any atom is 0.264 e. The fourth-order valence-electron chi connectivity index (χ4n) is 2.52. The summed E-state index contributed by atoms with van der Waals surface area (Å²) in [6.45, 7) is 0.231. The summed E-state index contributed by atoms with van der Waals surface area (Å²) in [5.41, 5.74) is 1.36. The molecule has 0 radical (unpaired) electrons. The van der Waals surface area contributed by atoms with Gasteiger partial charge in [-0.05, 0) is 23.8 Å². The minimum atomic E-state index is -3.67. The van der Waals surface area contributed by atoms with Crippen LogP contribution in [0, 0.1) is 0 Å². The zero-order valence-electron chi connectivity index (χ0n) is 13.5. The molecule has 0 aromatic heterocycles. The predicted octanol–water partition coefficient (Wildman–Crippen LogP) is 1.86. The van der Waals surface area contributed by atoms with Gasteiger partial charge in [0.1, 0.15) is 5.75 Å². The van der Waals surface area contributed by atoms with Crippen LogP contribution in [0.5, 0.6) is 5.75 Å². The number of likely N-dealkylation sites (N-methyl/N-ethyl adjacent to an activating group) is 1. The van der Waals surface area contributed by atoms with E-state index in [2.05, 4.69) is 0 Å². The van der Waals surface area contributed by atoms with Gasteiger partial charge in [-0.2, -0.15) is 4.31 Å². The molecule has 7 heteroatoms. The molecule has 1 aliphatic rings.